The maximum Gasteiger partial charge on any atom is 0.318 e. The zero-order valence-electron chi connectivity index (χ0n) is 23.5. The Hall–Kier alpha value is -3.19. The minimum atomic E-state index is -0.400. The summed E-state index contributed by atoms with van der Waals surface area (Å²) < 4.78 is 20.7. The van der Waals surface area contributed by atoms with Crippen LogP contribution in [-0.4, -0.2) is 73.3 Å². The van der Waals surface area contributed by atoms with Crippen LogP contribution in [0.15, 0.2) is 30.3 Å². The minimum absolute atomic E-state index is 0.00964. The number of likely N-dealkylation sites (N-methyl/N-ethyl adjacent to an activating group) is 1. The zero-order chi connectivity index (χ0) is 28.3. The number of aromatic nitrogens is 2. The highest BCUT2D eigenvalue weighted by atomic mass is 35.5. The van der Waals surface area contributed by atoms with Gasteiger partial charge in [-0.05, 0) is 57.3 Å². The maximum absolute atomic E-state index is 14.4. The van der Waals surface area contributed by atoms with Crippen molar-refractivity contribution in [3.63, 3.8) is 0 Å². The lowest BCUT2D eigenvalue weighted by atomic mass is 10.0. The number of nitriles is 1. The van der Waals surface area contributed by atoms with E-state index in [9.17, 15) is 4.39 Å². The molecule has 3 aliphatic heterocycles. The number of halogens is 2. The van der Waals surface area contributed by atoms with Crippen LogP contribution >= 0.6 is 11.6 Å². The fourth-order valence-corrected chi connectivity index (χ4v) is 6.18. The summed E-state index contributed by atoms with van der Waals surface area (Å²) in [7, 11) is 2.16. The first-order chi connectivity index (χ1) is 19.3. The first-order valence-electron chi connectivity index (χ1n) is 14.0. The van der Waals surface area contributed by atoms with Crippen LogP contribution in [0, 0.1) is 17.1 Å². The first kappa shape index (κ1) is 28.3. The van der Waals surface area contributed by atoms with Gasteiger partial charge in [-0.15, -0.1) is 0 Å². The highest BCUT2D eigenvalue weighted by Gasteiger charge is 2.35. The highest BCUT2D eigenvalue weighted by Crippen LogP contribution is 2.38. The molecular formula is C30H37ClFN7O. The van der Waals surface area contributed by atoms with Crippen LogP contribution in [0.2, 0.25) is 5.02 Å². The number of piperazine rings is 1. The van der Waals surface area contributed by atoms with Crippen molar-refractivity contribution in [1.82, 2.24) is 20.2 Å². The predicted molar refractivity (Wildman–Crippen MR) is 158 cm³/mol. The second kappa shape index (κ2) is 12.1. The first-order valence-corrected chi connectivity index (χ1v) is 14.3. The molecule has 0 bridgehead atoms. The maximum atomic E-state index is 14.4. The van der Waals surface area contributed by atoms with Gasteiger partial charge in [-0.1, -0.05) is 29.8 Å². The van der Waals surface area contributed by atoms with Gasteiger partial charge in [-0.2, -0.15) is 15.2 Å². The summed E-state index contributed by atoms with van der Waals surface area (Å²) in [5.74, 6) is 0.594. The molecule has 8 nitrogen and oxygen atoms in total. The third-order valence-electron chi connectivity index (χ3n) is 8.34. The van der Waals surface area contributed by atoms with E-state index in [0.29, 0.717) is 19.2 Å². The Kier molecular flexibility index (Phi) is 8.60. The van der Waals surface area contributed by atoms with Gasteiger partial charge in [0.2, 0.25) is 0 Å². The molecule has 0 amide bonds. The molecule has 40 heavy (non-hydrogen) atoms. The van der Waals surface area contributed by atoms with Gasteiger partial charge in [0.1, 0.15) is 18.2 Å². The molecule has 212 valence electrons. The molecule has 2 aromatic carbocycles. The Bertz CT molecular complexity index is 1410. The molecule has 0 aliphatic carbocycles. The van der Waals surface area contributed by atoms with Crippen molar-refractivity contribution < 1.29 is 9.13 Å². The molecule has 10 heteroatoms. The second-order valence-corrected chi connectivity index (χ2v) is 11.3. The smallest absolute Gasteiger partial charge is 0.318 e. The predicted octanol–water partition coefficient (Wildman–Crippen LogP) is 4.79. The summed E-state index contributed by atoms with van der Waals surface area (Å²) in [5, 5.41) is 12.6. The fraction of sp³-hybridized carbons (Fsp3) is 0.500. The lowest BCUT2D eigenvalue weighted by Crippen LogP contribution is -2.45. The van der Waals surface area contributed by atoms with Crippen LogP contribution in [-0.2, 0) is 13.0 Å². The molecule has 4 heterocycles. The van der Waals surface area contributed by atoms with E-state index in [0.717, 1.165) is 80.1 Å². The number of benzene rings is 2. The van der Waals surface area contributed by atoms with Gasteiger partial charge in [0.05, 0.1) is 28.9 Å². The molecule has 2 saturated heterocycles. The lowest BCUT2D eigenvalue weighted by molar-refractivity contribution is 0.107. The number of anilines is 2. The molecule has 1 aromatic heterocycles. The minimum Gasteiger partial charge on any atom is -0.461 e. The normalized spacial score (nSPS) is 21.0. The monoisotopic (exact) mass is 565 g/mol. The van der Waals surface area contributed by atoms with E-state index in [1.165, 1.54) is 25.0 Å². The Morgan fingerprint density at radius 3 is 2.62 bits per heavy atom. The standard InChI is InChI=1S/C28H34ClFN6O.C2H3N/c1-28(10-4-13-34(28)2)18-37-27-32-22-17-36(14-9-20(22)26(33-27)35-15-11-31-12-16-35)23-6-3-5-19-7-8-21(30)25(29)24(19)23;1-2-3/h3,5-8,31H,4,9-18H2,1-2H3;1H3. The molecular weight excluding hydrogens is 529 g/mol. The summed E-state index contributed by atoms with van der Waals surface area (Å²) in [6, 6.07) is 11.4. The van der Waals surface area contributed by atoms with Gasteiger partial charge in [0.25, 0.3) is 0 Å². The molecule has 0 saturated carbocycles. The molecule has 0 spiro atoms. The molecule has 3 aromatic rings. The number of fused-ring (bicyclic) bond motifs is 2. The second-order valence-electron chi connectivity index (χ2n) is 10.9. The topological polar surface area (TPSA) is 80.5 Å². The Morgan fingerprint density at radius 2 is 1.90 bits per heavy atom. The number of rotatable bonds is 5. The Balaban J connectivity index is 0.00000103. The van der Waals surface area contributed by atoms with Crippen LogP contribution in [0.1, 0.15) is 37.9 Å². The number of ether oxygens (including phenoxy) is 1. The van der Waals surface area contributed by atoms with Crippen molar-refractivity contribution >= 4 is 33.9 Å². The van der Waals surface area contributed by atoms with Gasteiger partial charge >= 0.3 is 6.01 Å². The van der Waals surface area contributed by atoms with Crippen LogP contribution in [0.3, 0.4) is 0 Å². The summed E-state index contributed by atoms with van der Waals surface area (Å²) in [6.45, 7) is 10.4. The third kappa shape index (κ3) is 5.67. The summed E-state index contributed by atoms with van der Waals surface area (Å²) in [6.07, 6.45) is 3.08. The molecule has 2 fully saturated rings. The molecule has 1 N–H and O–H groups in total. The molecule has 1 unspecified atom stereocenters. The lowest BCUT2D eigenvalue weighted by Gasteiger charge is -2.36. The van der Waals surface area contributed by atoms with E-state index in [2.05, 4.69) is 34.0 Å². The van der Waals surface area contributed by atoms with Gasteiger partial charge in [-0.3, -0.25) is 4.90 Å². The van der Waals surface area contributed by atoms with E-state index in [1.54, 1.807) is 12.1 Å². The SMILES string of the molecule is CC#N.CN1CCCC1(C)COc1nc2c(c(N3CCNCC3)n1)CCN(c1cccc3ccc(F)c(Cl)c13)C2. The molecule has 0 radical (unpaired) electrons. The van der Waals surface area contributed by atoms with E-state index in [4.69, 9.17) is 31.6 Å². The van der Waals surface area contributed by atoms with Gasteiger partial charge in [0, 0.05) is 56.3 Å². The summed E-state index contributed by atoms with van der Waals surface area (Å²) in [4.78, 5) is 16.9. The van der Waals surface area contributed by atoms with Crippen molar-refractivity contribution in [3.05, 3.63) is 52.4 Å². The molecule has 6 rings (SSSR count). The number of nitrogens with one attached hydrogen (secondary N) is 1. The number of hydrogen-bond donors (Lipinski definition) is 1. The zero-order valence-corrected chi connectivity index (χ0v) is 24.3. The van der Waals surface area contributed by atoms with Crippen LogP contribution < -0.4 is 19.9 Å². The van der Waals surface area contributed by atoms with E-state index in [1.807, 2.05) is 18.2 Å². The van der Waals surface area contributed by atoms with E-state index in [-0.39, 0.29) is 10.6 Å². The van der Waals surface area contributed by atoms with E-state index < -0.39 is 5.82 Å². The quantitative estimate of drug-likeness (QED) is 0.473. The van der Waals surface area contributed by atoms with Crippen molar-refractivity contribution in [3.8, 4) is 12.1 Å². The van der Waals surface area contributed by atoms with Crippen molar-refractivity contribution in [2.24, 2.45) is 0 Å². The Morgan fingerprint density at radius 1 is 1.12 bits per heavy atom. The van der Waals surface area contributed by atoms with E-state index >= 15 is 0 Å². The number of nitrogens with zero attached hydrogens (tertiary/aromatic N) is 6. The molecule has 3 aliphatic rings. The number of likely N-dealkylation sites (tertiary alicyclic amines) is 1. The van der Waals surface area contributed by atoms with Gasteiger partial charge < -0.3 is 19.9 Å². The van der Waals surface area contributed by atoms with Crippen LogP contribution in [0.4, 0.5) is 15.9 Å². The average molecular weight is 566 g/mol. The third-order valence-corrected chi connectivity index (χ3v) is 8.71. The largest absolute Gasteiger partial charge is 0.461 e. The van der Waals surface area contributed by atoms with Crippen molar-refractivity contribution in [2.75, 3.05) is 62.7 Å². The summed E-state index contributed by atoms with van der Waals surface area (Å²) in [5.41, 5.74) is 3.08. The Labute approximate surface area is 240 Å². The average Bonchev–Trinajstić information content (AvgIpc) is 3.31. The van der Waals surface area contributed by atoms with Gasteiger partial charge in [-0.25, -0.2) is 4.39 Å². The van der Waals surface area contributed by atoms with Crippen molar-refractivity contribution in [1.29, 1.82) is 5.26 Å². The van der Waals surface area contributed by atoms with Crippen LogP contribution in [0.25, 0.3) is 10.8 Å². The van der Waals surface area contributed by atoms with Crippen LogP contribution in [0.5, 0.6) is 6.01 Å². The van der Waals surface area contributed by atoms with Gasteiger partial charge in [0.15, 0.2) is 0 Å². The fourth-order valence-electron chi connectivity index (χ4n) is 5.91. The number of hydrogen-bond acceptors (Lipinski definition) is 8. The van der Waals surface area contributed by atoms with Crippen molar-refractivity contribution in [2.45, 2.75) is 45.2 Å². The molecule has 1 atom stereocenters. The highest BCUT2D eigenvalue weighted by molar-refractivity contribution is 6.36. The summed E-state index contributed by atoms with van der Waals surface area (Å²) >= 11 is 6.47.